The maximum atomic E-state index is 12.5. The average Bonchev–Trinajstić information content (AvgIpc) is 3.03. The van der Waals surface area contributed by atoms with E-state index < -0.39 is 0 Å². The van der Waals surface area contributed by atoms with E-state index >= 15 is 0 Å². The SMILES string of the molecule is CCCN(CCC)C(=O)CSc1nnc(-c2ccncc2)n1CCC. The van der Waals surface area contributed by atoms with Gasteiger partial charge in [0, 0.05) is 37.6 Å². The van der Waals surface area contributed by atoms with Crippen molar-refractivity contribution >= 4 is 17.7 Å². The van der Waals surface area contributed by atoms with E-state index in [-0.39, 0.29) is 5.91 Å². The fraction of sp³-hybridized carbons (Fsp3) is 0.556. The summed E-state index contributed by atoms with van der Waals surface area (Å²) in [5.41, 5.74) is 0.993. The van der Waals surface area contributed by atoms with Crippen LogP contribution in [0.15, 0.2) is 29.7 Å². The summed E-state index contributed by atoms with van der Waals surface area (Å²) in [5, 5.41) is 9.46. The van der Waals surface area contributed by atoms with Crippen LogP contribution in [0.2, 0.25) is 0 Å². The highest BCUT2D eigenvalue weighted by Gasteiger charge is 2.17. The molecule has 2 aromatic heterocycles. The van der Waals surface area contributed by atoms with Gasteiger partial charge in [-0.1, -0.05) is 32.5 Å². The third-order valence-electron chi connectivity index (χ3n) is 3.77. The molecule has 6 nitrogen and oxygen atoms in total. The molecular formula is C18H27N5OS. The van der Waals surface area contributed by atoms with Gasteiger partial charge in [-0.3, -0.25) is 9.78 Å². The lowest BCUT2D eigenvalue weighted by atomic mass is 10.2. The second-order valence-electron chi connectivity index (χ2n) is 5.86. The lowest BCUT2D eigenvalue weighted by Gasteiger charge is -2.21. The van der Waals surface area contributed by atoms with Crippen molar-refractivity contribution in [2.24, 2.45) is 0 Å². The number of rotatable bonds is 10. The van der Waals surface area contributed by atoms with E-state index in [0.29, 0.717) is 5.75 Å². The van der Waals surface area contributed by atoms with E-state index in [9.17, 15) is 4.79 Å². The highest BCUT2D eigenvalue weighted by Crippen LogP contribution is 2.24. The number of pyridine rings is 1. The van der Waals surface area contributed by atoms with Crippen LogP contribution in [0, 0.1) is 0 Å². The molecule has 136 valence electrons. The number of hydrogen-bond acceptors (Lipinski definition) is 5. The van der Waals surface area contributed by atoms with E-state index in [0.717, 1.165) is 55.4 Å². The minimum Gasteiger partial charge on any atom is -0.342 e. The zero-order chi connectivity index (χ0) is 18.1. The summed E-state index contributed by atoms with van der Waals surface area (Å²) in [6, 6.07) is 3.86. The normalized spacial score (nSPS) is 10.8. The zero-order valence-electron chi connectivity index (χ0n) is 15.3. The number of nitrogens with zero attached hydrogens (tertiary/aromatic N) is 5. The Morgan fingerprint density at radius 1 is 1.08 bits per heavy atom. The van der Waals surface area contributed by atoms with Crippen molar-refractivity contribution in [3.8, 4) is 11.4 Å². The average molecular weight is 362 g/mol. The Hall–Kier alpha value is -1.89. The molecule has 0 aliphatic rings. The minimum absolute atomic E-state index is 0.171. The fourth-order valence-corrected chi connectivity index (χ4v) is 3.52. The van der Waals surface area contributed by atoms with Gasteiger partial charge in [0.1, 0.15) is 0 Å². The van der Waals surface area contributed by atoms with Gasteiger partial charge in [-0.15, -0.1) is 10.2 Å². The minimum atomic E-state index is 0.171. The van der Waals surface area contributed by atoms with Crippen LogP contribution < -0.4 is 0 Å². The molecule has 0 aliphatic carbocycles. The largest absolute Gasteiger partial charge is 0.342 e. The molecule has 0 aliphatic heterocycles. The van der Waals surface area contributed by atoms with Crippen LogP contribution in [0.25, 0.3) is 11.4 Å². The van der Waals surface area contributed by atoms with Gasteiger partial charge in [0.25, 0.3) is 0 Å². The van der Waals surface area contributed by atoms with Crippen molar-refractivity contribution in [3.63, 3.8) is 0 Å². The van der Waals surface area contributed by atoms with Crippen molar-refractivity contribution in [3.05, 3.63) is 24.5 Å². The molecule has 25 heavy (non-hydrogen) atoms. The van der Waals surface area contributed by atoms with Gasteiger partial charge < -0.3 is 9.47 Å². The Labute approximate surface area is 154 Å². The summed E-state index contributed by atoms with van der Waals surface area (Å²) in [7, 11) is 0. The van der Waals surface area contributed by atoms with E-state index in [1.807, 2.05) is 17.0 Å². The molecule has 2 aromatic rings. The molecule has 0 N–H and O–H groups in total. The monoisotopic (exact) mass is 361 g/mol. The molecule has 0 radical (unpaired) electrons. The summed E-state index contributed by atoms with van der Waals surface area (Å²) in [6.45, 7) is 8.78. The lowest BCUT2D eigenvalue weighted by Crippen LogP contribution is -2.33. The topological polar surface area (TPSA) is 63.9 Å². The maximum Gasteiger partial charge on any atom is 0.233 e. The van der Waals surface area contributed by atoms with E-state index in [1.165, 1.54) is 11.8 Å². The number of amides is 1. The van der Waals surface area contributed by atoms with Gasteiger partial charge in [-0.25, -0.2) is 0 Å². The highest BCUT2D eigenvalue weighted by atomic mass is 32.2. The number of thioether (sulfide) groups is 1. The van der Waals surface area contributed by atoms with Crippen LogP contribution in [0.5, 0.6) is 0 Å². The molecule has 0 bridgehead atoms. The van der Waals surface area contributed by atoms with Crippen LogP contribution in [-0.4, -0.2) is 49.4 Å². The quantitative estimate of drug-likeness (QED) is 0.606. The Kier molecular flexibility index (Phi) is 7.91. The van der Waals surface area contributed by atoms with Crippen molar-refractivity contribution in [2.75, 3.05) is 18.8 Å². The van der Waals surface area contributed by atoms with Crippen molar-refractivity contribution in [2.45, 2.75) is 51.7 Å². The first-order valence-electron chi connectivity index (χ1n) is 8.95. The van der Waals surface area contributed by atoms with Gasteiger partial charge in [-0.2, -0.15) is 0 Å². The number of hydrogen-bond donors (Lipinski definition) is 0. The standard InChI is InChI=1S/C18H27N5OS/c1-4-11-22(12-5-2)16(24)14-25-18-21-20-17(23(18)13-6-3)15-7-9-19-10-8-15/h7-10H,4-6,11-14H2,1-3H3. The van der Waals surface area contributed by atoms with E-state index in [1.54, 1.807) is 12.4 Å². The predicted molar refractivity (Wildman–Crippen MR) is 101 cm³/mol. The molecule has 0 atom stereocenters. The van der Waals surface area contributed by atoms with Crippen LogP contribution in [0.1, 0.15) is 40.0 Å². The van der Waals surface area contributed by atoms with E-state index in [2.05, 4.69) is 40.5 Å². The van der Waals surface area contributed by atoms with Crippen LogP contribution >= 0.6 is 11.8 Å². The second kappa shape index (κ2) is 10.2. The number of carbonyl (C=O) groups is 1. The van der Waals surface area contributed by atoms with Gasteiger partial charge in [0.05, 0.1) is 5.75 Å². The molecule has 0 fully saturated rings. The molecule has 2 rings (SSSR count). The molecule has 0 aromatic carbocycles. The van der Waals surface area contributed by atoms with Crippen LogP contribution in [-0.2, 0) is 11.3 Å². The summed E-state index contributed by atoms with van der Waals surface area (Å²) < 4.78 is 2.09. The Morgan fingerprint density at radius 2 is 1.76 bits per heavy atom. The fourth-order valence-electron chi connectivity index (χ4n) is 2.65. The lowest BCUT2D eigenvalue weighted by molar-refractivity contribution is -0.128. The molecule has 0 saturated carbocycles. The molecule has 1 amide bonds. The predicted octanol–water partition coefficient (Wildman–Crippen LogP) is 3.49. The first-order chi connectivity index (χ1) is 12.2. The Morgan fingerprint density at radius 3 is 2.36 bits per heavy atom. The van der Waals surface area contributed by atoms with Gasteiger partial charge in [-0.05, 0) is 31.4 Å². The molecule has 0 unspecified atom stereocenters. The van der Waals surface area contributed by atoms with Crippen molar-refractivity contribution in [1.29, 1.82) is 0 Å². The maximum absolute atomic E-state index is 12.5. The summed E-state index contributed by atoms with van der Waals surface area (Å²) in [4.78, 5) is 18.5. The van der Waals surface area contributed by atoms with Crippen molar-refractivity contribution < 1.29 is 4.79 Å². The van der Waals surface area contributed by atoms with Gasteiger partial charge >= 0.3 is 0 Å². The molecule has 2 heterocycles. The van der Waals surface area contributed by atoms with Crippen LogP contribution in [0.4, 0.5) is 0 Å². The zero-order valence-corrected chi connectivity index (χ0v) is 16.1. The Bertz CT molecular complexity index is 653. The summed E-state index contributed by atoms with van der Waals surface area (Å²) >= 11 is 1.47. The molecule has 0 saturated heterocycles. The highest BCUT2D eigenvalue weighted by molar-refractivity contribution is 7.99. The Balaban J connectivity index is 2.11. The van der Waals surface area contributed by atoms with Gasteiger partial charge in [0.15, 0.2) is 11.0 Å². The smallest absolute Gasteiger partial charge is 0.233 e. The van der Waals surface area contributed by atoms with Crippen molar-refractivity contribution in [1.82, 2.24) is 24.6 Å². The van der Waals surface area contributed by atoms with Crippen LogP contribution in [0.3, 0.4) is 0 Å². The molecule has 7 heteroatoms. The second-order valence-corrected chi connectivity index (χ2v) is 6.81. The first-order valence-corrected chi connectivity index (χ1v) is 9.93. The summed E-state index contributed by atoms with van der Waals surface area (Å²) in [5.74, 6) is 1.40. The third kappa shape index (κ3) is 5.29. The number of aromatic nitrogens is 4. The van der Waals surface area contributed by atoms with E-state index in [4.69, 9.17) is 0 Å². The third-order valence-corrected chi connectivity index (χ3v) is 4.72. The number of carbonyl (C=O) groups excluding carboxylic acids is 1. The molecular weight excluding hydrogens is 334 g/mol. The first kappa shape index (κ1) is 19.4. The summed E-state index contributed by atoms with van der Waals surface area (Å²) in [6.07, 6.45) is 6.45. The molecule has 0 spiro atoms. The van der Waals surface area contributed by atoms with Gasteiger partial charge in [0.2, 0.25) is 5.91 Å².